The van der Waals surface area contributed by atoms with Gasteiger partial charge in [-0.05, 0) is 48.7 Å². The highest BCUT2D eigenvalue weighted by Gasteiger charge is 2.71. The van der Waals surface area contributed by atoms with Crippen LogP contribution in [0.1, 0.15) is 31.4 Å². The number of benzene rings is 2. The van der Waals surface area contributed by atoms with Crippen molar-refractivity contribution in [3.8, 4) is 0 Å². The first kappa shape index (κ1) is 33.1. The van der Waals surface area contributed by atoms with E-state index < -0.39 is 39.4 Å². The lowest BCUT2D eigenvalue weighted by molar-refractivity contribution is -0.376. The molecule has 4 rings (SSSR count). The quantitative estimate of drug-likeness (QED) is 0.520. The largest absolute Gasteiger partial charge is 0.430 e. The highest BCUT2D eigenvalue weighted by atomic mass is 32.2. The molecule has 2 aliphatic rings. The number of alkyl halides is 6. The Kier molecular flexibility index (Phi) is 9.51. The van der Waals surface area contributed by atoms with Crippen molar-refractivity contribution in [3.05, 3.63) is 59.4 Å². The van der Waals surface area contributed by atoms with E-state index in [1.54, 1.807) is 23.6 Å². The van der Waals surface area contributed by atoms with Crippen LogP contribution in [0.25, 0.3) is 0 Å². The molecule has 16 heteroatoms. The van der Waals surface area contributed by atoms with E-state index in [0.717, 1.165) is 34.6 Å². The lowest BCUT2D eigenvalue weighted by atomic mass is 9.89. The Morgan fingerprint density at radius 1 is 0.786 bits per heavy atom. The number of sulfonamides is 1. The number of piperazine rings is 1. The second-order valence-electron chi connectivity index (χ2n) is 9.70. The van der Waals surface area contributed by atoms with Crippen LogP contribution >= 0.6 is 0 Å². The fraction of sp³-hybridized carbons (Fsp3) is 0.462. The van der Waals surface area contributed by atoms with Gasteiger partial charge in [0.15, 0.2) is 0 Å². The van der Waals surface area contributed by atoms with Crippen LogP contribution in [0.2, 0.25) is 0 Å². The van der Waals surface area contributed by atoms with Gasteiger partial charge in [0, 0.05) is 52.1 Å². The van der Waals surface area contributed by atoms with Crippen LogP contribution in [0.15, 0.2) is 47.4 Å². The lowest BCUT2D eigenvalue weighted by Crippen LogP contribution is -2.54. The van der Waals surface area contributed by atoms with Gasteiger partial charge in [0.25, 0.3) is 15.6 Å². The molecular weight excluding hydrogens is 599 g/mol. The van der Waals surface area contributed by atoms with Crippen molar-refractivity contribution >= 4 is 27.5 Å². The van der Waals surface area contributed by atoms with Gasteiger partial charge in [-0.15, -0.1) is 0 Å². The van der Waals surface area contributed by atoms with Crippen molar-refractivity contribution in [1.82, 2.24) is 9.80 Å². The molecule has 1 fully saturated rings. The van der Waals surface area contributed by atoms with Crippen molar-refractivity contribution in [1.29, 1.82) is 0 Å². The average molecular weight is 628 g/mol. The monoisotopic (exact) mass is 627 g/mol. The zero-order valence-electron chi connectivity index (χ0n) is 22.5. The third kappa shape index (κ3) is 6.64. The number of aryl methyl sites for hydroxylation is 1. The van der Waals surface area contributed by atoms with Crippen LogP contribution in [0, 0.1) is 5.82 Å². The molecule has 0 unspecified atom stereocenters. The first-order valence-electron chi connectivity index (χ1n) is 12.6. The molecule has 2 aromatic carbocycles. The second kappa shape index (κ2) is 12.1. The number of halogens is 7. The first-order valence-corrected chi connectivity index (χ1v) is 14.0. The van der Waals surface area contributed by atoms with E-state index in [1.165, 1.54) is 0 Å². The van der Waals surface area contributed by atoms with E-state index in [9.17, 15) is 53.8 Å². The van der Waals surface area contributed by atoms with Gasteiger partial charge in [-0.25, -0.2) is 12.8 Å². The van der Waals surface area contributed by atoms with E-state index in [2.05, 4.69) is 0 Å². The molecule has 1 saturated heterocycles. The highest BCUT2D eigenvalue weighted by molar-refractivity contribution is 7.92. The average Bonchev–Trinajstić information content (AvgIpc) is 2.91. The standard InChI is InChI=1S/C18H14F7NO3S.C8H14N2O2/c19-13-4-6-14(7-5-13)30(28,29)26-9-1-2-11-10-12(3-8-15(11)26)16(27,17(20,21)22)18(23,24)25;1-7(11)9-3-5-10(6-4-9)8(2)12/h3-8,10,27H,1-2,9H2;3-6H2,1-2H3. The van der Waals surface area contributed by atoms with Gasteiger partial charge in [0.1, 0.15) is 5.82 Å². The molecule has 2 heterocycles. The highest BCUT2D eigenvalue weighted by Crippen LogP contribution is 2.51. The summed E-state index contributed by atoms with van der Waals surface area (Å²) in [6, 6.07) is 5.54. The summed E-state index contributed by atoms with van der Waals surface area (Å²) in [5, 5.41) is 9.57. The van der Waals surface area contributed by atoms with Crippen LogP contribution < -0.4 is 4.31 Å². The minimum Gasteiger partial charge on any atom is -0.369 e. The Morgan fingerprint density at radius 3 is 1.69 bits per heavy atom. The maximum absolute atomic E-state index is 13.1. The van der Waals surface area contributed by atoms with Gasteiger partial charge in [-0.1, -0.05) is 12.1 Å². The minimum absolute atomic E-state index is 0.00437. The van der Waals surface area contributed by atoms with Crippen LogP contribution in [0.4, 0.5) is 36.4 Å². The van der Waals surface area contributed by atoms with Crippen molar-refractivity contribution in [2.75, 3.05) is 37.0 Å². The second-order valence-corrected chi connectivity index (χ2v) is 11.6. The topological polar surface area (TPSA) is 98.2 Å². The molecule has 0 saturated carbocycles. The normalized spacial score (nSPS) is 16.4. The van der Waals surface area contributed by atoms with Crippen molar-refractivity contribution in [2.24, 2.45) is 0 Å². The molecule has 0 radical (unpaired) electrons. The zero-order valence-corrected chi connectivity index (χ0v) is 23.3. The summed E-state index contributed by atoms with van der Waals surface area (Å²) < 4.78 is 118. The SMILES string of the molecule is CC(=O)N1CCN(C(C)=O)CC1.O=S(=O)(c1ccc(F)cc1)N1CCCc2cc(C(O)(C(F)(F)F)C(F)(F)F)ccc21. The lowest BCUT2D eigenvalue weighted by Gasteiger charge is -2.35. The third-order valence-corrected chi connectivity index (χ3v) is 8.79. The Balaban J connectivity index is 0.000000337. The summed E-state index contributed by atoms with van der Waals surface area (Å²) in [6.07, 6.45) is -12.0. The number of rotatable bonds is 3. The summed E-state index contributed by atoms with van der Waals surface area (Å²) in [4.78, 5) is 25.0. The molecular formula is C26H28F7N3O5S. The summed E-state index contributed by atoms with van der Waals surface area (Å²) in [7, 11) is -4.24. The molecule has 0 aliphatic carbocycles. The number of aliphatic hydroxyl groups is 1. The van der Waals surface area contributed by atoms with Gasteiger partial charge in [0.05, 0.1) is 10.6 Å². The maximum atomic E-state index is 13.1. The fourth-order valence-electron chi connectivity index (χ4n) is 4.60. The Bertz CT molecular complexity index is 1370. The fourth-order valence-corrected chi connectivity index (χ4v) is 6.14. The van der Waals surface area contributed by atoms with E-state index in [0.29, 0.717) is 38.3 Å². The zero-order chi connectivity index (χ0) is 31.7. The van der Waals surface area contributed by atoms with Crippen LogP contribution in [0.3, 0.4) is 0 Å². The number of carbonyl (C=O) groups excluding carboxylic acids is 2. The van der Waals surface area contributed by atoms with Gasteiger partial charge in [-0.2, -0.15) is 26.3 Å². The number of amides is 2. The van der Waals surface area contributed by atoms with Gasteiger partial charge in [0.2, 0.25) is 11.8 Å². The van der Waals surface area contributed by atoms with E-state index in [-0.39, 0.29) is 47.3 Å². The first-order chi connectivity index (χ1) is 19.3. The number of fused-ring (bicyclic) bond motifs is 1. The number of anilines is 1. The molecule has 0 aromatic heterocycles. The van der Waals surface area contributed by atoms with Crippen LogP contribution in [-0.4, -0.2) is 80.2 Å². The van der Waals surface area contributed by atoms with Crippen molar-refractivity contribution < 1.29 is 53.8 Å². The summed E-state index contributed by atoms with van der Waals surface area (Å²) in [5.41, 5.74) is -6.77. The number of carbonyl (C=O) groups is 2. The number of hydrogen-bond acceptors (Lipinski definition) is 5. The van der Waals surface area contributed by atoms with E-state index in [1.807, 2.05) is 0 Å². The summed E-state index contributed by atoms with van der Waals surface area (Å²) in [5.74, 6) is -0.493. The summed E-state index contributed by atoms with van der Waals surface area (Å²) >= 11 is 0. The molecule has 2 amide bonds. The van der Waals surface area contributed by atoms with Crippen LogP contribution in [-0.2, 0) is 31.6 Å². The molecule has 232 valence electrons. The molecule has 8 nitrogen and oxygen atoms in total. The van der Waals surface area contributed by atoms with Gasteiger partial charge < -0.3 is 14.9 Å². The summed E-state index contributed by atoms with van der Waals surface area (Å²) in [6.45, 7) is 5.75. The smallest absolute Gasteiger partial charge is 0.369 e. The van der Waals surface area contributed by atoms with E-state index in [4.69, 9.17) is 0 Å². The number of hydrogen-bond donors (Lipinski definition) is 1. The molecule has 42 heavy (non-hydrogen) atoms. The molecule has 1 N–H and O–H groups in total. The minimum atomic E-state index is -6.05. The predicted molar refractivity (Wildman–Crippen MR) is 136 cm³/mol. The molecule has 2 aliphatic heterocycles. The Morgan fingerprint density at radius 2 is 1.26 bits per heavy atom. The van der Waals surface area contributed by atoms with Crippen LogP contribution in [0.5, 0.6) is 0 Å². The van der Waals surface area contributed by atoms with Crippen molar-refractivity contribution in [3.63, 3.8) is 0 Å². The van der Waals surface area contributed by atoms with Gasteiger partial charge >= 0.3 is 12.4 Å². The number of nitrogens with zero attached hydrogens (tertiary/aromatic N) is 3. The molecule has 0 bridgehead atoms. The third-order valence-electron chi connectivity index (χ3n) is 6.97. The Hall–Kier alpha value is -3.40. The Labute approximate surface area is 237 Å². The molecule has 0 spiro atoms. The maximum Gasteiger partial charge on any atom is 0.430 e. The molecule has 0 atom stereocenters. The molecule has 2 aromatic rings. The van der Waals surface area contributed by atoms with E-state index >= 15 is 0 Å². The predicted octanol–water partition coefficient (Wildman–Crippen LogP) is 3.98. The van der Waals surface area contributed by atoms with Crippen molar-refractivity contribution in [2.45, 2.75) is 49.5 Å². The van der Waals surface area contributed by atoms with Gasteiger partial charge in [-0.3, -0.25) is 13.9 Å².